The van der Waals surface area contributed by atoms with Gasteiger partial charge in [-0.25, -0.2) is 0 Å². The maximum atomic E-state index is 9.71. The number of aromatic hydroxyl groups is 1. The predicted molar refractivity (Wildman–Crippen MR) is 61.0 cm³/mol. The molecule has 1 nitrogen and oxygen atoms in total. The van der Waals surface area contributed by atoms with Crippen molar-refractivity contribution < 1.29 is 5.11 Å². The van der Waals surface area contributed by atoms with Crippen LogP contribution in [0, 0.1) is 0 Å². The Morgan fingerprint density at radius 1 is 1.00 bits per heavy atom. The maximum absolute atomic E-state index is 9.71. The van der Waals surface area contributed by atoms with E-state index < -0.39 is 0 Å². The molecule has 0 aliphatic rings. The third-order valence-electron chi connectivity index (χ3n) is 1.91. The zero-order valence-electron chi connectivity index (χ0n) is 6.59. The summed E-state index contributed by atoms with van der Waals surface area (Å²) < 4.78 is 1.69. The Labute approximate surface area is 92.6 Å². The zero-order chi connectivity index (χ0) is 9.42. The van der Waals surface area contributed by atoms with Gasteiger partial charge in [0.05, 0.1) is 4.47 Å². The lowest BCUT2D eigenvalue weighted by Crippen LogP contribution is -1.75. The van der Waals surface area contributed by atoms with Crippen molar-refractivity contribution in [3.63, 3.8) is 0 Å². The molecule has 0 saturated carbocycles. The molecule has 1 N–H and O–H groups in total. The number of benzene rings is 2. The minimum atomic E-state index is 0.291. The lowest BCUT2D eigenvalue weighted by atomic mass is 10.1. The highest BCUT2D eigenvalue weighted by Gasteiger charge is 2.03. The fourth-order valence-corrected chi connectivity index (χ4v) is 1.96. The first-order valence-electron chi connectivity index (χ1n) is 3.75. The number of hydrogen-bond donors (Lipinski definition) is 1. The first-order chi connectivity index (χ1) is 6.18. The Hall–Kier alpha value is -0.540. The van der Waals surface area contributed by atoms with Gasteiger partial charge < -0.3 is 5.11 Å². The molecule has 0 atom stereocenters. The number of phenols is 1. The third-order valence-corrected chi connectivity index (χ3v) is 3.04. The number of rotatable bonds is 0. The van der Waals surface area contributed by atoms with Crippen LogP contribution in [-0.2, 0) is 0 Å². The highest BCUT2D eigenvalue weighted by molar-refractivity contribution is 9.10. The molecular formula is C10H6Br2O. The summed E-state index contributed by atoms with van der Waals surface area (Å²) in [6.07, 6.45) is 0. The molecule has 0 heterocycles. The molecule has 0 aliphatic carbocycles. The van der Waals surface area contributed by atoms with Gasteiger partial charge in [0.25, 0.3) is 0 Å². The summed E-state index contributed by atoms with van der Waals surface area (Å²) in [7, 11) is 0. The number of fused-ring (bicyclic) bond motifs is 1. The molecule has 13 heavy (non-hydrogen) atoms. The minimum Gasteiger partial charge on any atom is -0.506 e. The van der Waals surface area contributed by atoms with Crippen molar-refractivity contribution in [2.75, 3.05) is 0 Å². The quantitative estimate of drug-likeness (QED) is 0.778. The normalized spacial score (nSPS) is 10.6. The van der Waals surface area contributed by atoms with Crippen LogP contribution in [0.25, 0.3) is 10.8 Å². The second-order valence-electron chi connectivity index (χ2n) is 2.76. The lowest BCUT2D eigenvalue weighted by molar-refractivity contribution is 0.478. The lowest BCUT2D eigenvalue weighted by Gasteiger charge is -2.03. The van der Waals surface area contributed by atoms with Crippen LogP contribution >= 0.6 is 31.9 Å². The molecule has 2 aromatic rings. The summed E-state index contributed by atoms with van der Waals surface area (Å²) in [5.74, 6) is 0.291. The van der Waals surface area contributed by atoms with Gasteiger partial charge in [-0.05, 0) is 39.5 Å². The Balaban J connectivity index is 2.89. The van der Waals surface area contributed by atoms with Gasteiger partial charge in [0.1, 0.15) is 5.75 Å². The van der Waals surface area contributed by atoms with Crippen LogP contribution in [-0.4, -0.2) is 5.11 Å². The Bertz CT molecular complexity index is 460. The molecule has 2 aromatic carbocycles. The summed E-state index contributed by atoms with van der Waals surface area (Å²) >= 11 is 6.64. The average Bonchev–Trinajstić information content (AvgIpc) is 2.12. The Morgan fingerprint density at radius 3 is 2.46 bits per heavy atom. The van der Waals surface area contributed by atoms with Gasteiger partial charge in [0.2, 0.25) is 0 Å². The largest absolute Gasteiger partial charge is 0.506 e. The summed E-state index contributed by atoms with van der Waals surface area (Å²) in [5, 5.41) is 11.6. The summed E-state index contributed by atoms with van der Waals surface area (Å²) in [6.45, 7) is 0. The highest BCUT2D eigenvalue weighted by atomic mass is 79.9. The smallest absolute Gasteiger partial charge is 0.137 e. The summed E-state index contributed by atoms with van der Waals surface area (Å²) in [4.78, 5) is 0. The molecule has 0 radical (unpaired) electrons. The van der Waals surface area contributed by atoms with E-state index in [1.807, 2.05) is 30.3 Å². The molecule has 0 fully saturated rings. The van der Waals surface area contributed by atoms with Crippen molar-refractivity contribution in [3.8, 4) is 5.75 Å². The van der Waals surface area contributed by atoms with Crippen LogP contribution in [0.2, 0.25) is 0 Å². The molecule has 0 aliphatic heterocycles. The van der Waals surface area contributed by atoms with E-state index >= 15 is 0 Å². The molecule has 0 saturated heterocycles. The molecule has 3 heteroatoms. The monoisotopic (exact) mass is 300 g/mol. The molecule has 0 spiro atoms. The van der Waals surface area contributed by atoms with Crippen LogP contribution in [0.1, 0.15) is 0 Å². The van der Waals surface area contributed by atoms with Crippen molar-refractivity contribution in [2.24, 2.45) is 0 Å². The maximum Gasteiger partial charge on any atom is 0.137 e. The van der Waals surface area contributed by atoms with Gasteiger partial charge >= 0.3 is 0 Å². The Morgan fingerprint density at radius 2 is 1.69 bits per heavy atom. The number of phenolic OH excluding ortho intramolecular Hbond substituents is 1. The third kappa shape index (κ3) is 1.58. The molecule has 0 bridgehead atoms. The van der Waals surface area contributed by atoms with E-state index in [1.54, 1.807) is 0 Å². The van der Waals surface area contributed by atoms with Crippen LogP contribution in [0.4, 0.5) is 0 Å². The average molecular weight is 302 g/mol. The van der Waals surface area contributed by atoms with E-state index in [2.05, 4.69) is 31.9 Å². The number of hydrogen-bond acceptors (Lipinski definition) is 1. The van der Waals surface area contributed by atoms with E-state index in [-0.39, 0.29) is 0 Å². The van der Waals surface area contributed by atoms with Crippen LogP contribution in [0.15, 0.2) is 39.3 Å². The van der Waals surface area contributed by atoms with E-state index in [0.29, 0.717) is 5.75 Å². The van der Waals surface area contributed by atoms with E-state index in [4.69, 9.17) is 0 Å². The van der Waals surface area contributed by atoms with Gasteiger partial charge in [0, 0.05) is 9.86 Å². The van der Waals surface area contributed by atoms with Crippen LogP contribution in [0.5, 0.6) is 5.75 Å². The van der Waals surface area contributed by atoms with Crippen molar-refractivity contribution in [2.45, 2.75) is 0 Å². The molecule has 0 aromatic heterocycles. The molecule has 0 amide bonds. The SMILES string of the molecule is Oc1c(Br)ccc2ccc(Br)cc12. The predicted octanol–water partition coefficient (Wildman–Crippen LogP) is 4.07. The number of halogens is 2. The minimum absolute atomic E-state index is 0.291. The fourth-order valence-electron chi connectivity index (χ4n) is 1.25. The standard InChI is InChI=1S/C10H6Br2O/c11-7-3-1-6-2-4-9(12)10(13)8(6)5-7/h1-5,13H. The van der Waals surface area contributed by atoms with Crippen molar-refractivity contribution in [1.82, 2.24) is 0 Å². The van der Waals surface area contributed by atoms with Crippen LogP contribution in [0.3, 0.4) is 0 Å². The summed E-state index contributed by atoms with van der Waals surface area (Å²) in [6, 6.07) is 9.62. The molecule has 2 rings (SSSR count). The summed E-state index contributed by atoms with van der Waals surface area (Å²) in [5.41, 5.74) is 0. The van der Waals surface area contributed by atoms with Gasteiger partial charge in [0.15, 0.2) is 0 Å². The van der Waals surface area contributed by atoms with E-state index in [1.165, 1.54) is 0 Å². The van der Waals surface area contributed by atoms with Gasteiger partial charge in [-0.2, -0.15) is 0 Å². The topological polar surface area (TPSA) is 20.2 Å². The fraction of sp³-hybridized carbons (Fsp3) is 0. The second-order valence-corrected chi connectivity index (χ2v) is 4.53. The first kappa shape index (κ1) is 9.03. The van der Waals surface area contributed by atoms with Gasteiger partial charge in [-0.3, -0.25) is 0 Å². The molecular weight excluding hydrogens is 296 g/mol. The van der Waals surface area contributed by atoms with Gasteiger partial charge in [-0.1, -0.05) is 28.1 Å². The van der Waals surface area contributed by atoms with Crippen molar-refractivity contribution in [3.05, 3.63) is 39.3 Å². The van der Waals surface area contributed by atoms with Crippen molar-refractivity contribution in [1.29, 1.82) is 0 Å². The second kappa shape index (κ2) is 3.31. The van der Waals surface area contributed by atoms with E-state index in [0.717, 1.165) is 19.7 Å². The van der Waals surface area contributed by atoms with Crippen molar-refractivity contribution >= 4 is 42.6 Å². The van der Waals surface area contributed by atoms with Crippen LogP contribution < -0.4 is 0 Å². The molecule has 0 unspecified atom stereocenters. The first-order valence-corrected chi connectivity index (χ1v) is 5.34. The van der Waals surface area contributed by atoms with E-state index in [9.17, 15) is 5.11 Å². The molecule has 66 valence electrons. The zero-order valence-corrected chi connectivity index (χ0v) is 9.76. The highest BCUT2D eigenvalue weighted by Crippen LogP contribution is 2.33. The van der Waals surface area contributed by atoms with Gasteiger partial charge in [-0.15, -0.1) is 0 Å². The Kier molecular flexibility index (Phi) is 2.30.